The zero-order valence-corrected chi connectivity index (χ0v) is 50.0. The molecule has 0 N–H and O–H groups in total. The Hall–Kier alpha value is -3.84. The molecule has 0 aliphatic heterocycles. The molecule has 0 spiro atoms. The van der Waals surface area contributed by atoms with Gasteiger partial charge in [-0.3, -0.25) is 28.8 Å². The first kappa shape index (κ1) is 82.5. The van der Waals surface area contributed by atoms with Crippen LogP contribution in [0.2, 0.25) is 0 Å². The van der Waals surface area contributed by atoms with Crippen LogP contribution in [-0.2, 0) is 87.5 Å². The number of ether oxygens (including phenoxy) is 6. The first-order chi connectivity index (χ1) is 33.5. The molecule has 0 radical (unpaired) electrons. The molecule has 444 valence electrons. The van der Waals surface area contributed by atoms with Gasteiger partial charge in [-0.05, 0) is 77.0 Å². The summed E-state index contributed by atoms with van der Waals surface area (Å²) in [5.41, 5.74) is 0. The van der Waals surface area contributed by atoms with E-state index in [1.165, 1.54) is 0 Å². The lowest BCUT2D eigenvalue weighted by Crippen LogP contribution is -2.36. The molecule has 5 unspecified atom stereocenters. The third-order valence-corrected chi connectivity index (χ3v) is 13.5. The van der Waals surface area contributed by atoms with Crippen LogP contribution in [0.3, 0.4) is 0 Å². The molecule has 0 saturated carbocycles. The van der Waals surface area contributed by atoms with Crippen LogP contribution in [0, 0.1) is 34.1 Å². The van der Waals surface area contributed by atoms with Crippen molar-refractivity contribution in [3.05, 3.63) is 22.3 Å². The van der Waals surface area contributed by atoms with E-state index in [1.54, 1.807) is 13.8 Å². The van der Waals surface area contributed by atoms with E-state index in [9.17, 15) is 67.7 Å². The summed E-state index contributed by atoms with van der Waals surface area (Å²) < 4.78 is 130. The van der Waals surface area contributed by atoms with E-state index in [1.807, 2.05) is 41.5 Å². The van der Waals surface area contributed by atoms with Crippen molar-refractivity contribution in [2.75, 3.05) is 26.4 Å². The molecule has 0 amide bonds. The molecule has 5 atom stereocenters. The van der Waals surface area contributed by atoms with Crippen molar-refractivity contribution in [1.82, 2.24) is 0 Å². The first-order valence-corrected chi connectivity index (χ1v) is 29.8. The average Bonchev–Trinajstić information content (AvgIpc) is 3.26. The third-order valence-electron chi connectivity index (χ3n) is 10.4. The molecule has 0 saturated heterocycles. The largest absolute Gasteiger partial charge is 0.747 e. The number of hydrogen-bond donors (Lipinski definition) is 0. The fourth-order valence-electron chi connectivity index (χ4n) is 5.92. The zero-order valence-electron chi connectivity index (χ0n) is 47.5. The standard InChI is InChI=1S/C20H38O7S.2C14H26O7S.3CH3/c1-5-7-9-11-13-16(3)26-19(21)15-18(28(23,24)25)20(22)27-17(4)14-12-10-8-6-2;1-10(2)5-7-20-13(15)9-12(22(17,18)19)14(16)21-8-6-11(3)4;1-3-5-7-9-20-13(15)11-12(22(17,18)19)14(16)21-10-8-6-4-2;;;/h16-18H,5-15H2,1-4H3,(H,23,24,25);10-12H,5-9H2,1-4H3,(H,17,18,19);12H,3-11H2,1-2H3,(H,17,18,19);3*1H3/q;;;3*+1/p-3. The van der Waals surface area contributed by atoms with Gasteiger partial charge in [0, 0.05) is 22.3 Å². The van der Waals surface area contributed by atoms with Gasteiger partial charge < -0.3 is 42.1 Å². The maximum Gasteiger partial charge on any atom is 0.324 e. The molecule has 75 heavy (non-hydrogen) atoms. The lowest BCUT2D eigenvalue weighted by Gasteiger charge is -2.22. The van der Waals surface area contributed by atoms with Crippen molar-refractivity contribution >= 4 is 66.2 Å². The van der Waals surface area contributed by atoms with Crippen molar-refractivity contribution in [3.63, 3.8) is 0 Å². The highest BCUT2D eigenvalue weighted by Crippen LogP contribution is 2.17. The summed E-state index contributed by atoms with van der Waals surface area (Å²) >= 11 is 0. The molecule has 21 nitrogen and oxygen atoms in total. The molecule has 0 rings (SSSR count). The Morgan fingerprint density at radius 3 is 1.01 bits per heavy atom. The van der Waals surface area contributed by atoms with Crippen LogP contribution in [0.25, 0.3) is 0 Å². The Labute approximate surface area is 453 Å². The molecule has 0 heterocycles. The van der Waals surface area contributed by atoms with Gasteiger partial charge in [-0.25, -0.2) is 25.3 Å². The fourth-order valence-corrected chi connectivity index (χ4v) is 7.84. The number of rotatable bonds is 38. The van der Waals surface area contributed by atoms with Gasteiger partial charge in [0.1, 0.15) is 30.4 Å². The van der Waals surface area contributed by atoms with E-state index in [0.717, 1.165) is 77.0 Å². The van der Waals surface area contributed by atoms with Crippen molar-refractivity contribution < 1.29 is 96.1 Å². The zero-order chi connectivity index (χ0) is 55.9. The minimum atomic E-state index is -5.02. The number of carbonyl (C=O) groups is 6. The van der Waals surface area contributed by atoms with Gasteiger partial charge >= 0.3 is 35.8 Å². The van der Waals surface area contributed by atoms with Crippen LogP contribution in [0.15, 0.2) is 0 Å². The van der Waals surface area contributed by atoms with Gasteiger partial charge in [-0.15, -0.1) is 0 Å². The first-order valence-electron chi connectivity index (χ1n) is 25.4. The Bertz CT molecular complexity index is 1850. The molecule has 0 bridgehead atoms. The quantitative estimate of drug-likeness (QED) is 0.0183. The number of hydrogen-bond acceptors (Lipinski definition) is 21. The Morgan fingerprint density at radius 2 is 0.653 bits per heavy atom. The molecular formula is C51H96O21S3. The predicted molar refractivity (Wildman–Crippen MR) is 284 cm³/mol. The summed E-state index contributed by atoms with van der Waals surface area (Å²) in [5, 5.41) is -6.15. The van der Waals surface area contributed by atoms with Crippen LogP contribution in [0.4, 0.5) is 0 Å². The summed E-state index contributed by atoms with van der Waals surface area (Å²) in [6, 6.07) is 0. The van der Waals surface area contributed by atoms with Crippen molar-refractivity contribution in [2.24, 2.45) is 11.8 Å². The van der Waals surface area contributed by atoms with Gasteiger partial charge in [-0.1, -0.05) is 120 Å². The summed E-state index contributed by atoms with van der Waals surface area (Å²) in [5.74, 6) is -5.64. The van der Waals surface area contributed by atoms with Gasteiger partial charge in [-0.2, -0.15) is 0 Å². The SMILES string of the molecule is CC(C)CCOC(=O)CC(C(=O)OCCC(C)C)S(=O)(=O)[O-].CCCCCCC(C)OC(=O)CC(C(=O)OC(C)CCCCCC)S(=O)(=O)[O-].CCCCCOC(=O)CC(C(=O)OCCCCC)S(=O)(=O)[O-].[CH3+].[CH3+].[CH3+]. The number of carbonyl (C=O) groups excluding carboxylic acids is 6. The second-order valence-electron chi connectivity index (χ2n) is 18.4. The lowest BCUT2D eigenvalue weighted by atomic mass is 10.1. The molecule has 24 heteroatoms. The maximum atomic E-state index is 12.1. The monoisotopic (exact) mass is 1140 g/mol. The van der Waals surface area contributed by atoms with Crippen LogP contribution >= 0.6 is 0 Å². The third kappa shape index (κ3) is 48.3. The van der Waals surface area contributed by atoms with Crippen molar-refractivity contribution in [2.45, 2.75) is 232 Å². The minimum Gasteiger partial charge on any atom is -0.747 e. The van der Waals surface area contributed by atoms with E-state index in [4.69, 9.17) is 28.4 Å². The lowest BCUT2D eigenvalue weighted by molar-refractivity contribution is -0.155. The molecule has 0 aromatic rings. The van der Waals surface area contributed by atoms with Gasteiger partial charge in [0.2, 0.25) is 0 Å². The van der Waals surface area contributed by atoms with Crippen molar-refractivity contribution in [1.29, 1.82) is 0 Å². The molecule has 0 aromatic heterocycles. The Balaban J connectivity index is -0.000000236. The van der Waals surface area contributed by atoms with Gasteiger partial charge in [0.15, 0.2) is 15.7 Å². The van der Waals surface area contributed by atoms with Crippen LogP contribution in [0.1, 0.15) is 204 Å². The number of unbranched alkanes of at least 4 members (excludes halogenated alkanes) is 10. The van der Waals surface area contributed by atoms with Crippen LogP contribution < -0.4 is 0 Å². The topological polar surface area (TPSA) is 329 Å². The summed E-state index contributed by atoms with van der Waals surface area (Å²) in [6.07, 6.45) is 11.9. The smallest absolute Gasteiger partial charge is 0.324 e. The van der Waals surface area contributed by atoms with Crippen LogP contribution in [-0.4, -0.2) is 129 Å². The van der Waals surface area contributed by atoms with Crippen LogP contribution in [0.5, 0.6) is 0 Å². The predicted octanol–water partition coefficient (Wildman–Crippen LogP) is 8.67. The van der Waals surface area contributed by atoms with E-state index in [2.05, 4.69) is 13.8 Å². The average molecular weight is 1140 g/mol. The number of esters is 6. The van der Waals surface area contributed by atoms with Gasteiger partial charge in [0.05, 0.1) is 57.9 Å². The highest BCUT2D eigenvalue weighted by Gasteiger charge is 2.33. The summed E-state index contributed by atoms with van der Waals surface area (Å²) in [7, 11) is -15.0. The molecular weight excluding hydrogens is 1040 g/mol. The Kier molecular flexibility index (Phi) is 52.1. The van der Waals surface area contributed by atoms with E-state index >= 15 is 0 Å². The fraction of sp³-hybridized carbons (Fsp3) is 0.824. The highest BCUT2D eigenvalue weighted by atomic mass is 32.2. The molecule has 0 aliphatic carbocycles. The van der Waals surface area contributed by atoms with E-state index < -0.39 is 113 Å². The molecule has 0 aliphatic rings. The van der Waals surface area contributed by atoms with E-state index in [-0.39, 0.29) is 54.6 Å². The maximum absolute atomic E-state index is 12.1. The van der Waals surface area contributed by atoms with E-state index in [0.29, 0.717) is 44.4 Å². The second-order valence-corrected chi connectivity index (χ2v) is 23.0. The minimum absolute atomic E-state index is 0. The molecule has 0 fully saturated rings. The normalized spacial score (nSPS) is 13.2. The second kappa shape index (κ2) is 47.4. The Morgan fingerprint density at radius 1 is 0.360 bits per heavy atom. The summed E-state index contributed by atoms with van der Waals surface area (Å²) in [6.45, 7) is 19.5. The van der Waals surface area contributed by atoms with Crippen molar-refractivity contribution in [3.8, 4) is 0 Å². The van der Waals surface area contributed by atoms with Gasteiger partial charge in [0.25, 0.3) is 0 Å². The highest BCUT2D eigenvalue weighted by molar-refractivity contribution is 7.87. The molecule has 0 aromatic carbocycles. The summed E-state index contributed by atoms with van der Waals surface area (Å²) in [4.78, 5) is 70.5.